The highest BCUT2D eigenvalue weighted by atomic mass is 35.5. The summed E-state index contributed by atoms with van der Waals surface area (Å²) in [6.07, 6.45) is 8.06. The number of amides is 1. The lowest BCUT2D eigenvalue weighted by Gasteiger charge is -2.18. The van der Waals surface area contributed by atoms with Crippen molar-refractivity contribution in [1.29, 1.82) is 0 Å². The number of hydrogen-bond acceptors (Lipinski definition) is 3. The van der Waals surface area contributed by atoms with Crippen LogP contribution in [0.1, 0.15) is 44.0 Å². The number of carbonyl (C=O) groups is 1. The van der Waals surface area contributed by atoms with Crippen molar-refractivity contribution in [2.24, 2.45) is 5.92 Å². The van der Waals surface area contributed by atoms with Crippen LogP contribution in [0.3, 0.4) is 0 Å². The zero-order valence-electron chi connectivity index (χ0n) is 16.3. The molecule has 5 heteroatoms. The number of ether oxygens (including phenoxy) is 2. The van der Waals surface area contributed by atoms with Crippen LogP contribution in [0.4, 0.5) is 0 Å². The van der Waals surface area contributed by atoms with Gasteiger partial charge in [-0.15, -0.1) is 0 Å². The fourth-order valence-corrected chi connectivity index (χ4v) is 3.02. The van der Waals surface area contributed by atoms with E-state index in [-0.39, 0.29) is 17.9 Å². The van der Waals surface area contributed by atoms with Crippen molar-refractivity contribution in [3.63, 3.8) is 0 Å². The van der Waals surface area contributed by atoms with E-state index < -0.39 is 0 Å². The molecule has 1 N–H and O–H groups in total. The minimum absolute atomic E-state index is 0.0318. The van der Waals surface area contributed by atoms with Gasteiger partial charge in [-0.3, -0.25) is 4.79 Å². The Morgan fingerprint density at radius 3 is 2.78 bits per heavy atom. The molecule has 0 radical (unpaired) electrons. The molecule has 0 aliphatic heterocycles. The average molecular weight is 390 g/mol. The van der Waals surface area contributed by atoms with Crippen LogP contribution in [0, 0.1) is 5.92 Å². The second-order valence-corrected chi connectivity index (χ2v) is 7.10. The standard InChI is InChI=1S/C22H28ClNO3/c1-5-26-16(4)18-8-6-17(7-9-18)12-13-24-22(25)19-10-11-21(20(23)14-19)27-15(2)3/h6-8,10-11,14-15,18H,4-5,9,12-13H2,1-3H3,(H,24,25). The number of rotatable bonds is 9. The summed E-state index contributed by atoms with van der Waals surface area (Å²) < 4.78 is 11.1. The number of nitrogens with one attached hydrogen (secondary N) is 1. The van der Waals surface area contributed by atoms with Crippen molar-refractivity contribution in [3.05, 3.63) is 64.9 Å². The molecule has 0 spiro atoms. The van der Waals surface area contributed by atoms with Gasteiger partial charge in [-0.25, -0.2) is 0 Å². The smallest absolute Gasteiger partial charge is 0.251 e. The van der Waals surface area contributed by atoms with Crippen LogP contribution < -0.4 is 10.1 Å². The van der Waals surface area contributed by atoms with Gasteiger partial charge in [0, 0.05) is 18.0 Å². The molecule has 1 aliphatic carbocycles. The lowest BCUT2D eigenvalue weighted by molar-refractivity contribution is 0.0954. The Labute approximate surface area is 166 Å². The van der Waals surface area contributed by atoms with Gasteiger partial charge >= 0.3 is 0 Å². The molecule has 146 valence electrons. The zero-order chi connectivity index (χ0) is 19.8. The van der Waals surface area contributed by atoms with Crippen LogP contribution in [-0.2, 0) is 4.74 Å². The summed E-state index contributed by atoms with van der Waals surface area (Å²) >= 11 is 6.19. The van der Waals surface area contributed by atoms with E-state index in [2.05, 4.69) is 30.1 Å². The predicted molar refractivity (Wildman–Crippen MR) is 110 cm³/mol. The molecular formula is C22H28ClNO3. The normalized spacial score (nSPS) is 16.0. The second kappa shape index (κ2) is 10.2. The molecule has 1 aliphatic rings. The summed E-state index contributed by atoms with van der Waals surface area (Å²) in [6, 6.07) is 5.09. The quantitative estimate of drug-likeness (QED) is 0.583. The Hall–Kier alpha value is -2.20. The van der Waals surface area contributed by atoms with E-state index in [0.717, 1.165) is 18.6 Å². The van der Waals surface area contributed by atoms with Crippen molar-refractivity contribution in [3.8, 4) is 5.75 Å². The number of benzene rings is 1. The van der Waals surface area contributed by atoms with Crippen molar-refractivity contribution in [1.82, 2.24) is 5.32 Å². The van der Waals surface area contributed by atoms with E-state index in [1.807, 2.05) is 20.8 Å². The number of halogens is 1. The zero-order valence-corrected chi connectivity index (χ0v) is 17.0. The van der Waals surface area contributed by atoms with Crippen molar-refractivity contribution >= 4 is 17.5 Å². The van der Waals surface area contributed by atoms with Gasteiger partial charge in [0.2, 0.25) is 0 Å². The Kier molecular flexibility index (Phi) is 7.99. The van der Waals surface area contributed by atoms with E-state index in [9.17, 15) is 4.79 Å². The number of hydrogen-bond donors (Lipinski definition) is 1. The summed E-state index contributed by atoms with van der Waals surface area (Å²) in [5.74, 6) is 1.48. The molecule has 27 heavy (non-hydrogen) atoms. The van der Waals surface area contributed by atoms with E-state index in [1.54, 1.807) is 18.2 Å². The molecule has 2 rings (SSSR count). The molecule has 0 bridgehead atoms. The van der Waals surface area contributed by atoms with Crippen LogP contribution in [0.15, 0.2) is 54.3 Å². The fraction of sp³-hybridized carbons (Fsp3) is 0.409. The van der Waals surface area contributed by atoms with E-state index >= 15 is 0 Å². The van der Waals surface area contributed by atoms with Crippen LogP contribution in [0.5, 0.6) is 5.75 Å². The largest absolute Gasteiger partial charge is 0.498 e. The van der Waals surface area contributed by atoms with Crippen LogP contribution in [-0.4, -0.2) is 25.2 Å². The van der Waals surface area contributed by atoms with Gasteiger partial charge in [0.25, 0.3) is 5.91 Å². The summed E-state index contributed by atoms with van der Waals surface area (Å²) in [7, 11) is 0. The molecule has 1 aromatic rings. The van der Waals surface area contributed by atoms with Gasteiger partial charge in [0.05, 0.1) is 23.5 Å². The molecule has 0 aromatic heterocycles. The first kappa shape index (κ1) is 21.1. The molecule has 0 heterocycles. The van der Waals surface area contributed by atoms with Gasteiger partial charge in [-0.1, -0.05) is 42.0 Å². The first-order valence-corrected chi connectivity index (χ1v) is 9.71. The van der Waals surface area contributed by atoms with Gasteiger partial charge in [-0.05, 0) is 51.8 Å². The van der Waals surface area contributed by atoms with Gasteiger partial charge in [0.1, 0.15) is 5.75 Å². The topological polar surface area (TPSA) is 47.6 Å². The van der Waals surface area contributed by atoms with Crippen molar-refractivity contribution < 1.29 is 14.3 Å². The van der Waals surface area contributed by atoms with Gasteiger partial charge in [-0.2, -0.15) is 0 Å². The summed E-state index contributed by atoms with van der Waals surface area (Å²) in [5, 5.41) is 3.37. The predicted octanol–water partition coefficient (Wildman–Crippen LogP) is 5.30. The third kappa shape index (κ3) is 6.47. The van der Waals surface area contributed by atoms with Crippen LogP contribution >= 0.6 is 11.6 Å². The van der Waals surface area contributed by atoms with Crippen LogP contribution in [0.2, 0.25) is 5.02 Å². The third-order valence-electron chi connectivity index (χ3n) is 4.18. The lowest BCUT2D eigenvalue weighted by atomic mass is 9.94. The summed E-state index contributed by atoms with van der Waals surface area (Å²) in [4.78, 5) is 12.3. The van der Waals surface area contributed by atoms with Gasteiger partial charge < -0.3 is 14.8 Å². The minimum Gasteiger partial charge on any atom is -0.498 e. The SMILES string of the molecule is C=C(OCC)C1C=CC(CCNC(=O)c2ccc(OC(C)C)c(Cl)c2)=CC1. The lowest BCUT2D eigenvalue weighted by Crippen LogP contribution is -2.24. The molecule has 0 fully saturated rings. The maximum absolute atomic E-state index is 12.3. The molecular weight excluding hydrogens is 362 g/mol. The molecule has 1 unspecified atom stereocenters. The van der Waals surface area contributed by atoms with E-state index in [0.29, 0.717) is 29.5 Å². The fourth-order valence-electron chi connectivity index (χ4n) is 2.80. The highest BCUT2D eigenvalue weighted by Gasteiger charge is 2.14. The highest BCUT2D eigenvalue weighted by molar-refractivity contribution is 6.32. The Morgan fingerprint density at radius 1 is 1.41 bits per heavy atom. The highest BCUT2D eigenvalue weighted by Crippen LogP contribution is 2.27. The van der Waals surface area contributed by atoms with Crippen molar-refractivity contribution in [2.45, 2.75) is 39.7 Å². The molecule has 0 saturated carbocycles. The third-order valence-corrected chi connectivity index (χ3v) is 4.47. The molecule has 0 saturated heterocycles. The van der Waals surface area contributed by atoms with Gasteiger partial charge in [0.15, 0.2) is 0 Å². The minimum atomic E-state index is -0.143. The second-order valence-electron chi connectivity index (χ2n) is 6.70. The first-order chi connectivity index (χ1) is 12.9. The Bertz CT molecular complexity index is 737. The summed E-state index contributed by atoms with van der Waals surface area (Å²) in [6.45, 7) is 11.0. The number of allylic oxidation sites excluding steroid dienone is 3. The Morgan fingerprint density at radius 2 is 2.19 bits per heavy atom. The molecule has 1 aromatic carbocycles. The maximum Gasteiger partial charge on any atom is 0.251 e. The van der Waals surface area contributed by atoms with E-state index in [4.69, 9.17) is 21.1 Å². The molecule has 1 atom stereocenters. The monoisotopic (exact) mass is 389 g/mol. The maximum atomic E-state index is 12.3. The number of carbonyl (C=O) groups excluding carboxylic acids is 1. The van der Waals surface area contributed by atoms with Crippen molar-refractivity contribution in [2.75, 3.05) is 13.2 Å². The van der Waals surface area contributed by atoms with Crippen LogP contribution in [0.25, 0.3) is 0 Å². The molecule has 1 amide bonds. The molecule has 4 nitrogen and oxygen atoms in total. The first-order valence-electron chi connectivity index (χ1n) is 9.34. The Balaban J connectivity index is 1.81. The average Bonchev–Trinajstić information content (AvgIpc) is 2.63. The summed E-state index contributed by atoms with van der Waals surface area (Å²) in [5.41, 5.74) is 1.73. The van der Waals surface area contributed by atoms with E-state index in [1.165, 1.54) is 5.57 Å².